The van der Waals surface area contributed by atoms with Crippen molar-refractivity contribution >= 4 is 17.5 Å². The molecule has 2 fully saturated rings. The van der Waals surface area contributed by atoms with E-state index in [1.807, 2.05) is 25.1 Å². The lowest BCUT2D eigenvalue weighted by Crippen LogP contribution is -2.49. The number of hydrogen-bond donors (Lipinski definition) is 1. The summed E-state index contributed by atoms with van der Waals surface area (Å²) in [6.07, 6.45) is 7.48. The number of piperidine rings is 1. The zero-order chi connectivity index (χ0) is 21.5. The molecule has 8 heteroatoms. The van der Waals surface area contributed by atoms with E-state index in [1.165, 1.54) is 0 Å². The predicted octanol–water partition coefficient (Wildman–Crippen LogP) is 3.62. The van der Waals surface area contributed by atoms with Crippen LogP contribution in [0.2, 0.25) is 0 Å². The summed E-state index contributed by atoms with van der Waals surface area (Å²) in [6.45, 7) is 4.15. The largest absolute Gasteiger partial charge is 0.325 e. The molecule has 3 unspecified atom stereocenters. The molecule has 3 heterocycles. The Hall–Kier alpha value is -3.42. The molecule has 0 bridgehead atoms. The number of halogens is 1. The molecule has 3 aromatic rings. The number of nitrogens with zero attached hydrogens (tertiary/aromatic N) is 5. The van der Waals surface area contributed by atoms with Crippen molar-refractivity contribution in [1.29, 1.82) is 0 Å². The molecule has 1 N–H and O–H groups in total. The standard InChI is InChI=1S/C23H23FN6O/c1-13-4-5-16(10-18(13)21-27-11-15(24)12-28-21)29-22(31)19-7-6-17-14(2)20(17)30(19)23-25-8-3-9-26-23/h3-5,8-12,14,17,19-20H,6-7H2,1-2H3,(H,29,31)/t14-,17?,19?,20?/m1/s1. The Morgan fingerprint density at radius 3 is 2.61 bits per heavy atom. The zero-order valence-electron chi connectivity index (χ0n) is 17.4. The molecular weight excluding hydrogens is 395 g/mol. The van der Waals surface area contributed by atoms with Crippen LogP contribution in [0, 0.1) is 24.6 Å². The average molecular weight is 418 g/mol. The fourth-order valence-corrected chi connectivity index (χ4v) is 4.69. The van der Waals surface area contributed by atoms with Crippen molar-refractivity contribution < 1.29 is 9.18 Å². The minimum atomic E-state index is -0.487. The van der Waals surface area contributed by atoms with Crippen molar-refractivity contribution in [2.75, 3.05) is 10.2 Å². The summed E-state index contributed by atoms with van der Waals surface area (Å²) in [5.41, 5.74) is 2.34. The minimum Gasteiger partial charge on any atom is -0.325 e. The van der Waals surface area contributed by atoms with Crippen molar-refractivity contribution in [3.05, 3.63) is 60.4 Å². The van der Waals surface area contributed by atoms with E-state index in [-0.39, 0.29) is 11.9 Å². The number of amides is 1. The summed E-state index contributed by atoms with van der Waals surface area (Å²) in [5, 5.41) is 3.05. The number of hydrogen-bond acceptors (Lipinski definition) is 6. The van der Waals surface area contributed by atoms with Crippen LogP contribution in [-0.4, -0.2) is 37.9 Å². The molecule has 1 aliphatic carbocycles. The van der Waals surface area contributed by atoms with Gasteiger partial charge in [0.2, 0.25) is 11.9 Å². The second-order valence-corrected chi connectivity index (χ2v) is 8.31. The Labute approximate surface area is 179 Å². The van der Waals surface area contributed by atoms with Gasteiger partial charge in [0.25, 0.3) is 0 Å². The topological polar surface area (TPSA) is 83.9 Å². The van der Waals surface area contributed by atoms with Crippen LogP contribution in [0.4, 0.5) is 16.0 Å². The van der Waals surface area contributed by atoms with Crippen LogP contribution in [0.25, 0.3) is 11.4 Å². The van der Waals surface area contributed by atoms with E-state index in [2.05, 4.69) is 37.1 Å². The Bertz CT molecular complexity index is 1110. The van der Waals surface area contributed by atoms with E-state index in [4.69, 9.17) is 0 Å². The molecule has 0 radical (unpaired) electrons. The highest BCUT2D eigenvalue weighted by Gasteiger charge is 2.56. The van der Waals surface area contributed by atoms with Crippen LogP contribution >= 0.6 is 0 Å². The van der Waals surface area contributed by atoms with Crippen molar-refractivity contribution in [3.63, 3.8) is 0 Å². The van der Waals surface area contributed by atoms with Gasteiger partial charge in [0.15, 0.2) is 11.6 Å². The number of aromatic nitrogens is 4. The van der Waals surface area contributed by atoms with Gasteiger partial charge in [-0.25, -0.2) is 24.3 Å². The van der Waals surface area contributed by atoms with Gasteiger partial charge < -0.3 is 10.2 Å². The van der Waals surface area contributed by atoms with Gasteiger partial charge in [-0.1, -0.05) is 13.0 Å². The molecule has 2 aliphatic rings. The maximum Gasteiger partial charge on any atom is 0.247 e. The van der Waals surface area contributed by atoms with E-state index in [1.54, 1.807) is 18.5 Å². The Morgan fingerprint density at radius 2 is 1.87 bits per heavy atom. The second kappa shape index (κ2) is 7.68. The van der Waals surface area contributed by atoms with E-state index in [0.29, 0.717) is 35.3 Å². The van der Waals surface area contributed by atoms with Crippen molar-refractivity contribution in [2.24, 2.45) is 11.8 Å². The molecule has 0 spiro atoms. The number of nitrogens with one attached hydrogen (secondary N) is 1. The molecule has 5 rings (SSSR count). The van der Waals surface area contributed by atoms with Gasteiger partial charge in [-0.05, 0) is 55.4 Å². The number of carbonyl (C=O) groups is 1. The monoisotopic (exact) mass is 418 g/mol. The van der Waals surface area contributed by atoms with Gasteiger partial charge in [0.05, 0.1) is 12.4 Å². The third kappa shape index (κ3) is 3.62. The first-order chi connectivity index (χ1) is 15.0. The first-order valence-electron chi connectivity index (χ1n) is 10.5. The lowest BCUT2D eigenvalue weighted by molar-refractivity contribution is -0.117. The molecule has 158 valence electrons. The highest BCUT2D eigenvalue weighted by atomic mass is 19.1. The van der Waals surface area contributed by atoms with Gasteiger partial charge in [-0.3, -0.25) is 4.79 Å². The summed E-state index contributed by atoms with van der Waals surface area (Å²) in [7, 11) is 0. The van der Waals surface area contributed by atoms with Crippen molar-refractivity contribution in [2.45, 2.75) is 38.8 Å². The maximum atomic E-state index is 13.3. The Balaban J connectivity index is 1.40. The molecule has 31 heavy (non-hydrogen) atoms. The van der Waals surface area contributed by atoms with Gasteiger partial charge in [0.1, 0.15) is 6.04 Å². The highest BCUT2D eigenvalue weighted by Crippen LogP contribution is 2.51. The van der Waals surface area contributed by atoms with E-state index < -0.39 is 5.82 Å². The van der Waals surface area contributed by atoms with Crippen LogP contribution in [0.3, 0.4) is 0 Å². The van der Waals surface area contributed by atoms with Gasteiger partial charge >= 0.3 is 0 Å². The summed E-state index contributed by atoms with van der Waals surface area (Å²) in [4.78, 5) is 32.4. The fourth-order valence-electron chi connectivity index (χ4n) is 4.69. The van der Waals surface area contributed by atoms with Gasteiger partial charge in [0, 0.05) is 29.7 Å². The third-order valence-electron chi connectivity index (χ3n) is 6.39. The summed E-state index contributed by atoms with van der Waals surface area (Å²) in [5.74, 6) is 1.57. The summed E-state index contributed by atoms with van der Waals surface area (Å²) < 4.78 is 13.2. The lowest BCUT2D eigenvalue weighted by atomic mass is 10.0. The zero-order valence-corrected chi connectivity index (χ0v) is 17.4. The molecule has 1 amide bonds. The predicted molar refractivity (Wildman–Crippen MR) is 115 cm³/mol. The van der Waals surface area contributed by atoms with Crippen LogP contribution in [0.1, 0.15) is 25.3 Å². The first-order valence-corrected chi connectivity index (χ1v) is 10.5. The van der Waals surface area contributed by atoms with E-state index >= 15 is 0 Å². The van der Waals surface area contributed by atoms with Gasteiger partial charge in [-0.2, -0.15) is 0 Å². The lowest BCUT2D eigenvalue weighted by Gasteiger charge is -2.34. The molecule has 1 saturated heterocycles. The van der Waals surface area contributed by atoms with Crippen LogP contribution < -0.4 is 10.2 Å². The minimum absolute atomic E-state index is 0.0835. The number of aryl methyl sites for hydroxylation is 1. The first kappa shape index (κ1) is 19.5. The fraction of sp³-hybridized carbons (Fsp3) is 0.348. The highest BCUT2D eigenvalue weighted by molar-refractivity contribution is 5.97. The quantitative estimate of drug-likeness (QED) is 0.697. The molecule has 1 saturated carbocycles. The normalized spacial score (nSPS) is 24.4. The Morgan fingerprint density at radius 1 is 1.13 bits per heavy atom. The van der Waals surface area contributed by atoms with Crippen LogP contribution in [0.15, 0.2) is 49.1 Å². The molecule has 2 aromatic heterocycles. The maximum absolute atomic E-state index is 13.3. The van der Waals surface area contributed by atoms with E-state index in [9.17, 15) is 9.18 Å². The molecular formula is C23H23FN6O. The number of anilines is 2. The van der Waals surface area contributed by atoms with Crippen LogP contribution in [0.5, 0.6) is 0 Å². The number of fused-ring (bicyclic) bond motifs is 1. The van der Waals surface area contributed by atoms with E-state index in [0.717, 1.165) is 36.4 Å². The molecule has 4 atom stereocenters. The smallest absolute Gasteiger partial charge is 0.247 e. The molecule has 1 aromatic carbocycles. The van der Waals surface area contributed by atoms with Crippen molar-refractivity contribution in [1.82, 2.24) is 19.9 Å². The Kier molecular flexibility index (Phi) is 4.84. The van der Waals surface area contributed by atoms with Crippen LogP contribution in [-0.2, 0) is 4.79 Å². The summed E-state index contributed by atoms with van der Waals surface area (Å²) in [6, 6.07) is 7.33. The summed E-state index contributed by atoms with van der Waals surface area (Å²) >= 11 is 0. The molecule has 1 aliphatic heterocycles. The number of rotatable bonds is 4. The molecule has 7 nitrogen and oxygen atoms in total. The SMILES string of the molecule is Cc1ccc(NC(=O)C2CCC3C([C@@H]3C)N2c2ncccn2)cc1-c1ncc(F)cn1. The van der Waals surface area contributed by atoms with Crippen molar-refractivity contribution in [3.8, 4) is 11.4 Å². The average Bonchev–Trinajstić information content (AvgIpc) is 3.45. The van der Waals surface area contributed by atoms with Gasteiger partial charge in [-0.15, -0.1) is 0 Å². The second-order valence-electron chi connectivity index (χ2n) is 8.31. The number of carbonyl (C=O) groups excluding carboxylic acids is 1. The third-order valence-corrected chi connectivity index (χ3v) is 6.39. The number of benzene rings is 1.